The van der Waals surface area contributed by atoms with Crippen molar-refractivity contribution in [2.75, 3.05) is 0 Å². The van der Waals surface area contributed by atoms with Crippen LogP contribution in [0.5, 0.6) is 0 Å². The third kappa shape index (κ3) is 2.81. The molecule has 0 saturated carbocycles. The maximum absolute atomic E-state index is 4.33. The second-order valence-electron chi connectivity index (χ2n) is 4.36. The molecule has 0 bridgehead atoms. The van der Waals surface area contributed by atoms with Crippen LogP contribution in [0, 0.1) is 0 Å². The van der Waals surface area contributed by atoms with Crippen molar-refractivity contribution in [1.82, 2.24) is 14.8 Å². The van der Waals surface area contributed by atoms with Gasteiger partial charge in [0.1, 0.15) is 5.82 Å². The Morgan fingerprint density at radius 3 is 3.06 bits per heavy atom. The lowest BCUT2D eigenvalue weighted by Crippen LogP contribution is -2.02. The fourth-order valence-corrected chi connectivity index (χ4v) is 4.64. The summed E-state index contributed by atoms with van der Waals surface area (Å²) >= 11 is 7.08. The lowest BCUT2D eigenvalue weighted by molar-refractivity contribution is 0.591. The van der Waals surface area contributed by atoms with Gasteiger partial charge in [-0.2, -0.15) is 0 Å². The molecule has 0 aliphatic carbocycles. The second-order valence-corrected chi connectivity index (χ2v) is 7.85. The number of thioether (sulfide) groups is 1. The van der Waals surface area contributed by atoms with E-state index in [9.17, 15) is 0 Å². The number of aromatic nitrogens is 3. The minimum atomic E-state index is 0.981. The molecule has 0 fully saturated rings. The summed E-state index contributed by atoms with van der Waals surface area (Å²) in [6, 6.07) is 4.27. The molecule has 96 valence electrons. The van der Waals surface area contributed by atoms with Crippen LogP contribution in [-0.2, 0) is 18.7 Å². The topological polar surface area (TPSA) is 30.7 Å². The molecule has 3 nitrogen and oxygen atoms in total. The van der Waals surface area contributed by atoms with Crippen LogP contribution in [0.1, 0.15) is 30.0 Å². The van der Waals surface area contributed by atoms with E-state index in [1.54, 1.807) is 23.1 Å². The Morgan fingerprint density at radius 2 is 2.22 bits per heavy atom. The normalized spacial score (nSPS) is 15.4. The molecule has 0 aromatic carbocycles. The molecule has 1 aliphatic heterocycles. The zero-order valence-corrected chi connectivity index (χ0v) is 13.2. The number of rotatable bonds is 3. The van der Waals surface area contributed by atoms with Crippen molar-refractivity contribution in [3.05, 3.63) is 26.6 Å². The average Bonchev–Trinajstić information content (AvgIpc) is 2.87. The summed E-state index contributed by atoms with van der Waals surface area (Å²) < 4.78 is 3.50. The average molecular weight is 344 g/mol. The summed E-state index contributed by atoms with van der Waals surface area (Å²) in [5, 5.41) is 9.73. The first kappa shape index (κ1) is 12.7. The van der Waals surface area contributed by atoms with Crippen LogP contribution >= 0.6 is 39.0 Å². The van der Waals surface area contributed by atoms with Crippen molar-refractivity contribution in [3.63, 3.8) is 0 Å². The van der Waals surface area contributed by atoms with Crippen molar-refractivity contribution >= 4 is 39.0 Å². The van der Waals surface area contributed by atoms with Crippen LogP contribution in [0.4, 0.5) is 0 Å². The van der Waals surface area contributed by atoms with E-state index in [0.717, 1.165) is 23.9 Å². The second kappa shape index (κ2) is 5.75. The summed E-state index contributed by atoms with van der Waals surface area (Å²) in [4.78, 5) is 1.37. The van der Waals surface area contributed by atoms with Gasteiger partial charge in [-0.1, -0.05) is 18.2 Å². The summed E-state index contributed by atoms with van der Waals surface area (Å²) in [6.45, 7) is 1.08. The van der Waals surface area contributed by atoms with E-state index in [1.165, 1.54) is 33.8 Å². The monoisotopic (exact) mass is 343 g/mol. The Hall–Kier alpha value is -0.330. The minimum Gasteiger partial charge on any atom is -0.306 e. The first-order valence-corrected chi connectivity index (χ1v) is 8.71. The van der Waals surface area contributed by atoms with Gasteiger partial charge in [0.2, 0.25) is 0 Å². The molecule has 6 heteroatoms. The third-order valence-corrected chi connectivity index (χ3v) is 5.87. The largest absolute Gasteiger partial charge is 0.306 e. The highest BCUT2D eigenvalue weighted by molar-refractivity contribution is 9.11. The summed E-state index contributed by atoms with van der Waals surface area (Å²) in [5.74, 6) is 2.15. The molecule has 18 heavy (non-hydrogen) atoms. The molecular formula is C12H14BrN3S2. The van der Waals surface area contributed by atoms with Gasteiger partial charge in [0.25, 0.3) is 0 Å². The first-order valence-electron chi connectivity index (χ1n) is 6.12. The summed E-state index contributed by atoms with van der Waals surface area (Å²) in [7, 11) is 0. The van der Waals surface area contributed by atoms with Crippen LogP contribution in [-0.4, -0.2) is 14.8 Å². The number of halogens is 1. The maximum atomic E-state index is 4.33. The van der Waals surface area contributed by atoms with Crippen molar-refractivity contribution < 1.29 is 0 Å². The smallest absolute Gasteiger partial charge is 0.191 e. The molecule has 2 aromatic heterocycles. The van der Waals surface area contributed by atoms with Gasteiger partial charge in [-0.25, -0.2) is 0 Å². The molecule has 0 atom stereocenters. The number of fused-ring (bicyclic) bond motifs is 1. The quantitative estimate of drug-likeness (QED) is 0.785. The number of hydrogen-bond donors (Lipinski definition) is 0. The van der Waals surface area contributed by atoms with Crippen LogP contribution in [0.25, 0.3) is 0 Å². The molecule has 0 amide bonds. The van der Waals surface area contributed by atoms with Gasteiger partial charge in [0, 0.05) is 23.6 Å². The standard InChI is InChI=1S/C12H14BrN3S2/c13-10-6-5-9(18-10)8-17-12-15-14-11-4-2-1-3-7-16(11)12/h5-6H,1-4,7-8H2. The predicted molar refractivity (Wildman–Crippen MR) is 79.2 cm³/mol. The van der Waals surface area contributed by atoms with Crippen molar-refractivity contribution in [2.45, 2.75) is 43.1 Å². The highest BCUT2D eigenvalue weighted by Crippen LogP contribution is 2.29. The van der Waals surface area contributed by atoms with Crippen molar-refractivity contribution in [1.29, 1.82) is 0 Å². The summed E-state index contributed by atoms with van der Waals surface area (Å²) in [6.07, 6.45) is 4.90. The Morgan fingerprint density at radius 1 is 1.28 bits per heavy atom. The van der Waals surface area contributed by atoms with E-state index >= 15 is 0 Å². The lowest BCUT2D eigenvalue weighted by atomic mass is 10.2. The highest BCUT2D eigenvalue weighted by Gasteiger charge is 2.15. The third-order valence-electron chi connectivity index (χ3n) is 3.05. The van der Waals surface area contributed by atoms with E-state index in [2.05, 4.69) is 42.8 Å². The molecule has 0 saturated heterocycles. The van der Waals surface area contributed by atoms with Crippen LogP contribution < -0.4 is 0 Å². The number of thiophene rings is 1. The number of hydrogen-bond acceptors (Lipinski definition) is 4. The van der Waals surface area contributed by atoms with E-state index in [-0.39, 0.29) is 0 Å². The van der Waals surface area contributed by atoms with Crippen molar-refractivity contribution in [3.8, 4) is 0 Å². The SMILES string of the molecule is Brc1ccc(CSc2nnc3n2CCCCC3)s1. The van der Waals surface area contributed by atoms with E-state index in [1.807, 2.05) is 0 Å². The lowest BCUT2D eigenvalue weighted by Gasteiger charge is -2.05. The van der Waals surface area contributed by atoms with E-state index in [0.29, 0.717) is 0 Å². The highest BCUT2D eigenvalue weighted by atomic mass is 79.9. The van der Waals surface area contributed by atoms with Gasteiger partial charge < -0.3 is 4.57 Å². The van der Waals surface area contributed by atoms with Gasteiger partial charge in [-0.05, 0) is 40.9 Å². The van der Waals surface area contributed by atoms with Crippen LogP contribution in [0.2, 0.25) is 0 Å². The van der Waals surface area contributed by atoms with E-state index < -0.39 is 0 Å². The molecule has 0 N–H and O–H groups in total. The van der Waals surface area contributed by atoms with Gasteiger partial charge in [-0.3, -0.25) is 0 Å². The Labute approximate surface area is 123 Å². The van der Waals surface area contributed by atoms with Gasteiger partial charge >= 0.3 is 0 Å². The molecule has 3 heterocycles. The number of aryl methyl sites for hydroxylation is 1. The zero-order chi connectivity index (χ0) is 12.4. The van der Waals surface area contributed by atoms with Gasteiger partial charge in [-0.15, -0.1) is 21.5 Å². The van der Waals surface area contributed by atoms with E-state index in [4.69, 9.17) is 0 Å². The molecule has 0 unspecified atom stereocenters. The Bertz CT molecular complexity index is 535. The fourth-order valence-electron chi connectivity index (χ4n) is 2.13. The summed E-state index contributed by atoms with van der Waals surface area (Å²) in [5.41, 5.74) is 0. The van der Waals surface area contributed by atoms with Crippen LogP contribution in [0.15, 0.2) is 21.1 Å². The minimum absolute atomic E-state index is 0.981. The molecule has 3 rings (SSSR count). The maximum Gasteiger partial charge on any atom is 0.191 e. The molecule has 1 aliphatic rings. The zero-order valence-electron chi connectivity index (χ0n) is 9.93. The molecule has 2 aromatic rings. The Kier molecular flexibility index (Phi) is 4.06. The van der Waals surface area contributed by atoms with Gasteiger partial charge in [0.05, 0.1) is 3.79 Å². The molecular weight excluding hydrogens is 330 g/mol. The number of nitrogens with zero attached hydrogens (tertiary/aromatic N) is 3. The predicted octanol–water partition coefficient (Wildman–Crippen LogP) is 4.12. The molecule has 0 radical (unpaired) electrons. The molecule has 0 spiro atoms. The Balaban J connectivity index is 1.71. The van der Waals surface area contributed by atoms with Crippen molar-refractivity contribution in [2.24, 2.45) is 0 Å². The fraction of sp³-hybridized carbons (Fsp3) is 0.500. The van der Waals surface area contributed by atoms with Gasteiger partial charge in [0.15, 0.2) is 5.16 Å². The van der Waals surface area contributed by atoms with Crippen LogP contribution in [0.3, 0.4) is 0 Å². The first-order chi connectivity index (χ1) is 8.83.